The van der Waals surface area contributed by atoms with Crippen LogP contribution in [0.5, 0.6) is 0 Å². The van der Waals surface area contributed by atoms with Crippen LogP contribution in [0.2, 0.25) is 5.02 Å². The lowest BCUT2D eigenvalue weighted by Crippen LogP contribution is -2.15. The number of hydrogen-bond acceptors (Lipinski definition) is 5. The van der Waals surface area contributed by atoms with E-state index in [1.807, 2.05) is 0 Å². The minimum Gasteiger partial charge on any atom is -0.478 e. The van der Waals surface area contributed by atoms with Gasteiger partial charge in [-0.05, 0) is 42.5 Å². The SMILES string of the molecule is CO/N=C(\c1cccc(C(=O)Nc2ccc(Cl)cc2C(=O)O)c1)c1ccco1. The first kappa shape index (κ1) is 19.2. The topological polar surface area (TPSA) is 101 Å². The molecule has 8 heteroatoms. The van der Waals surface area contributed by atoms with Crippen LogP contribution in [0, 0.1) is 0 Å². The predicted molar refractivity (Wildman–Crippen MR) is 104 cm³/mol. The maximum Gasteiger partial charge on any atom is 0.337 e. The number of carbonyl (C=O) groups excluding carboxylic acids is 1. The minimum absolute atomic E-state index is 0.103. The van der Waals surface area contributed by atoms with Crippen LogP contribution < -0.4 is 5.32 Å². The summed E-state index contributed by atoms with van der Waals surface area (Å²) in [5.74, 6) is -1.20. The molecule has 0 aliphatic carbocycles. The lowest BCUT2D eigenvalue weighted by atomic mass is 10.0. The summed E-state index contributed by atoms with van der Waals surface area (Å²) in [5, 5.41) is 16.1. The fourth-order valence-corrected chi connectivity index (χ4v) is 2.72. The summed E-state index contributed by atoms with van der Waals surface area (Å²) in [6, 6.07) is 14.3. The molecule has 0 fully saturated rings. The summed E-state index contributed by atoms with van der Waals surface area (Å²) in [5.41, 5.74) is 1.36. The van der Waals surface area contributed by atoms with Crippen LogP contribution in [0.25, 0.3) is 0 Å². The smallest absolute Gasteiger partial charge is 0.337 e. The highest BCUT2D eigenvalue weighted by Gasteiger charge is 2.17. The number of furan rings is 1. The molecule has 2 aromatic carbocycles. The van der Waals surface area contributed by atoms with E-state index in [0.29, 0.717) is 22.6 Å². The molecule has 0 saturated heterocycles. The number of benzene rings is 2. The van der Waals surface area contributed by atoms with Crippen molar-refractivity contribution in [3.8, 4) is 0 Å². The third-order valence-corrected chi connectivity index (χ3v) is 4.03. The van der Waals surface area contributed by atoms with E-state index in [-0.39, 0.29) is 16.3 Å². The van der Waals surface area contributed by atoms with Crippen molar-refractivity contribution in [2.45, 2.75) is 0 Å². The molecule has 142 valence electrons. The van der Waals surface area contributed by atoms with Gasteiger partial charge in [-0.2, -0.15) is 0 Å². The molecule has 0 bridgehead atoms. The van der Waals surface area contributed by atoms with E-state index < -0.39 is 11.9 Å². The van der Waals surface area contributed by atoms with Crippen LogP contribution >= 0.6 is 11.6 Å². The first-order chi connectivity index (χ1) is 13.5. The second-order valence-electron chi connectivity index (χ2n) is 5.63. The Kier molecular flexibility index (Phi) is 5.76. The zero-order valence-corrected chi connectivity index (χ0v) is 15.4. The number of nitrogens with one attached hydrogen (secondary N) is 1. The number of carboxylic acid groups (broad SMARTS) is 1. The molecule has 1 aromatic heterocycles. The summed E-state index contributed by atoms with van der Waals surface area (Å²) in [4.78, 5) is 28.9. The van der Waals surface area contributed by atoms with Crippen molar-refractivity contribution in [1.29, 1.82) is 0 Å². The Bertz CT molecular complexity index is 1040. The van der Waals surface area contributed by atoms with Crippen LogP contribution in [0.3, 0.4) is 0 Å². The van der Waals surface area contributed by atoms with E-state index in [1.165, 1.54) is 31.6 Å². The lowest BCUT2D eigenvalue weighted by Gasteiger charge is -2.10. The normalized spacial score (nSPS) is 11.1. The maximum atomic E-state index is 12.7. The summed E-state index contributed by atoms with van der Waals surface area (Å²) < 4.78 is 5.36. The summed E-state index contributed by atoms with van der Waals surface area (Å²) in [6.45, 7) is 0. The van der Waals surface area contributed by atoms with Gasteiger partial charge in [0.15, 0.2) is 11.5 Å². The van der Waals surface area contributed by atoms with Gasteiger partial charge in [0, 0.05) is 16.1 Å². The van der Waals surface area contributed by atoms with Gasteiger partial charge >= 0.3 is 5.97 Å². The predicted octanol–water partition coefficient (Wildman–Crippen LogP) is 4.28. The second kappa shape index (κ2) is 8.41. The molecule has 3 aromatic rings. The number of oxime groups is 1. The standard InChI is InChI=1S/C20H15ClN2O5/c1-27-23-18(17-6-3-9-28-17)12-4-2-5-13(10-12)19(24)22-16-8-7-14(21)11-15(16)20(25)26/h2-11H,1H3,(H,22,24)(H,25,26)/b23-18+. The van der Waals surface area contributed by atoms with Crippen LogP contribution in [0.15, 0.2) is 70.4 Å². The highest BCUT2D eigenvalue weighted by molar-refractivity contribution is 6.31. The van der Waals surface area contributed by atoms with Gasteiger partial charge in [0.25, 0.3) is 5.91 Å². The first-order valence-corrected chi connectivity index (χ1v) is 8.47. The van der Waals surface area contributed by atoms with Crippen molar-refractivity contribution < 1.29 is 24.0 Å². The molecule has 0 unspecified atom stereocenters. The van der Waals surface area contributed by atoms with E-state index in [0.717, 1.165) is 0 Å². The third kappa shape index (κ3) is 4.21. The van der Waals surface area contributed by atoms with Gasteiger partial charge < -0.3 is 19.7 Å². The number of anilines is 1. The van der Waals surface area contributed by atoms with Crippen molar-refractivity contribution >= 4 is 34.9 Å². The third-order valence-electron chi connectivity index (χ3n) is 3.80. The van der Waals surface area contributed by atoms with Crippen molar-refractivity contribution in [3.63, 3.8) is 0 Å². The van der Waals surface area contributed by atoms with E-state index in [9.17, 15) is 14.7 Å². The van der Waals surface area contributed by atoms with Gasteiger partial charge in [-0.15, -0.1) is 0 Å². The quantitative estimate of drug-likeness (QED) is 0.476. The Balaban J connectivity index is 1.91. The average molecular weight is 399 g/mol. The van der Waals surface area contributed by atoms with Gasteiger partial charge in [0.1, 0.15) is 7.11 Å². The molecule has 0 spiro atoms. The van der Waals surface area contributed by atoms with E-state index in [4.69, 9.17) is 20.9 Å². The number of hydrogen-bond donors (Lipinski definition) is 2. The molecule has 1 heterocycles. The number of carboxylic acids is 1. The fourth-order valence-electron chi connectivity index (χ4n) is 2.55. The summed E-state index contributed by atoms with van der Waals surface area (Å²) in [6.07, 6.45) is 1.50. The Morgan fingerprint density at radius 3 is 2.57 bits per heavy atom. The number of carbonyl (C=O) groups is 2. The molecule has 0 atom stereocenters. The maximum absolute atomic E-state index is 12.7. The van der Waals surface area contributed by atoms with Crippen LogP contribution in [-0.4, -0.2) is 29.8 Å². The molecule has 2 N–H and O–H groups in total. The van der Waals surface area contributed by atoms with Crippen LogP contribution in [-0.2, 0) is 4.84 Å². The fraction of sp³-hybridized carbons (Fsp3) is 0.0500. The Hall–Kier alpha value is -3.58. The molecule has 3 rings (SSSR count). The van der Waals surface area contributed by atoms with Crippen molar-refractivity contribution in [3.05, 3.63) is 88.3 Å². The molecular weight excluding hydrogens is 384 g/mol. The van der Waals surface area contributed by atoms with Gasteiger partial charge in [-0.3, -0.25) is 4.79 Å². The number of aromatic carboxylic acids is 1. The van der Waals surface area contributed by atoms with E-state index in [1.54, 1.807) is 36.4 Å². The Labute approximate surface area is 165 Å². The second-order valence-corrected chi connectivity index (χ2v) is 6.07. The van der Waals surface area contributed by atoms with Gasteiger partial charge in [0.05, 0.1) is 17.5 Å². The molecule has 28 heavy (non-hydrogen) atoms. The highest BCUT2D eigenvalue weighted by atomic mass is 35.5. The van der Waals surface area contributed by atoms with Gasteiger partial charge in [-0.1, -0.05) is 28.9 Å². The molecule has 0 aliphatic heterocycles. The van der Waals surface area contributed by atoms with E-state index in [2.05, 4.69) is 10.5 Å². The zero-order chi connectivity index (χ0) is 20.1. The monoisotopic (exact) mass is 398 g/mol. The van der Waals surface area contributed by atoms with Crippen molar-refractivity contribution in [2.24, 2.45) is 5.16 Å². The van der Waals surface area contributed by atoms with Crippen LogP contribution in [0.4, 0.5) is 5.69 Å². The van der Waals surface area contributed by atoms with Crippen molar-refractivity contribution in [1.82, 2.24) is 0 Å². The number of amides is 1. The molecule has 0 aliphatic rings. The Morgan fingerprint density at radius 1 is 1.11 bits per heavy atom. The highest BCUT2D eigenvalue weighted by Crippen LogP contribution is 2.22. The van der Waals surface area contributed by atoms with Gasteiger partial charge in [-0.25, -0.2) is 4.79 Å². The molecule has 0 radical (unpaired) electrons. The first-order valence-electron chi connectivity index (χ1n) is 8.09. The Morgan fingerprint density at radius 2 is 1.89 bits per heavy atom. The van der Waals surface area contributed by atoms with Crippen molar-refractivity contribution in [2.75, 3.05) is 12.4 Å². The number of halogens is 1. The largest absolute Gasteiger partial charge is 0.478 e. The zero-order valence-electron chi connectivity index (χ0n) is 14.7. The molecule has 0 saturated carbocycles. The lowest BCUT2D eigenvalue weighted by molar-refractivity contribution is 0.0698. The molecular formula is C20H15ClN2O5. The average Bonchev–Trinajstić information content (AvgIpc) is 3.21. The minimum atomic E-state index is -1.20. The number of nitrogens with zero attached hydrogens (tertiary/aromatic N) is 1. The number of rotatable bonds is 6. The molecule has 1 amide bonds. The summed E-state index contributed by atoms with van der Waals surface area (Å²) >= 11 is 5.84. The van der Waals surface area contributed by atoms with Crippen LogP contribution in [0.1, 0.15) is 32.0 Å². The van der Waals surface area contributed by atoms with E-state index >= 15 is 0 Å². The summed E-state index contributed by atoms with van der Waals surface area (Å²) in [7, 11) is 1.41. The molecule has 7 nitrogen and oxygen atoms in total. The van der Waals surface area contributed by atoms with Gasteiger partial charge in [0.2, 0.25) is 0 Å².